The van der Waals surface area contributed by atoms with Gasteiger partial charge in [-0.3, -0.25) is 0 Å². The van der Waals surface area contributed by atoms with E-state index in [4.69, 9.17) is 4.74 Å². The number of methoxy groups -OCH3 is 1. The van der Waals surface area contributed by atoms with Crippen molar-refractivity contribution < 1.29 is 4.74 Å². The van der Waals surface area contributed by atoms with Crippen LogP contribution in [0.4, 0.5) is 5.69 Å². The molecule has 3 nitrogen and oxygen atoms in total. The second-order valence-electron chi connectivity index (χ2n) is 5.37. The lowest BCUT2D eigenvalue weighted by Gasteiger charge is -2.23. The number of hydrogen-bond donors (Lipinski definition) is 2. The van der Waals surface area contributed by atoms with Crippen LogP contribution in [0.25, 0.3) is 11.3 Å². The largest absolute Gasteiger partial charge is 0.496 e. The van der Waals surface area contributed by atoms with E-state index in [1.165, 1.54) is 0 Å². The summed E-state index contributed by atoms with van der Waals surface area (Å²) in [5.74, 6) is 0.872. The molecule has 1 aromatic heterocycles. The third kappa shape index (κ3) is 2.86. The molecule has 96 valence electrons. The van der Waals surface area contributed by atoms with Crippen LogP contribution in [0.1, 0.15) is 20.8 Å². The van der Waals surface area contributed by atoms with E-state index in [0.717, 1.165) is 22.7 Å². The van der Waals surface area contributed by atoms with E-state index in [2.05, 4.69) is 37.1 Å². The Morgan fingerprint density at radius 2 is 1.94 bits per heavy atom. The molecule has 1 aromatic carbocycles. The summed E-state index contributed by atoms with van der Waals surface area (Å²) in [5, 5.41) is 3.47. The number of aromatic amines is 1. The molecule has 0 aliphatic rings. The molecule has 0 aliphatic heterocycles. The minimum Gasteiger partial charge on any atom is -0.496 e. The zero-order chi connectivity index (χ0) is 13.2. The fourth-order valence-electron chi connectivity index (χ4n) is 1.93. The van der Waals surface area contributed by atoms with E-state index < -0.39 is 0 Å². The van der Waals surface area contributed by atoms with Crippen LogP contribution in [0, 0.1) is 0 Å². The summed E-state index contributed by atoms with van der Waals surface area (Å²) < 4.78 is 5.41. The first-order valence-corrected chi connectivity index (χ1v) is 6.09. The van der Waals surface area contributed by atoms with Crippen molar-refractivity contribution in [3.05, 3.63) is 36.5 Å². The molecule has 0 saturated heterocycles. The summed E-state index contributed by atoms with van der Waals surface area (Å²) in [7, 11) is 1.69. The summed E-state index contributed by atoms with van der Waals surface area (Å²) >= 11 is 0. The van der Waals surface area contributed by atoms with Crippen molar-refractivity contribution in [2.45, 2.75) is 26.3 Å². The summed E-state index contributed by atoms with van der Waals surface area (Å²) in [6.45, 7) is 6.43. The first-order chi connectivity index (χ1) is 8.49. The third-order valence-corrected chi connectivity index (χ3v) is 2.61. The molecule has 0 radical (unpaired) electrons. The smallest absolute Gasteiger partial charge is 0.128 e. The second-order valence-corrected chi connectivity index (χ2v) is 5.37. The van der Waals surface area contributed by atoms with Crippen molar-refractivity contribution in [1.82, 2.24) is 4.98 Å². The maximum Gasteiger partial charge on any atom is 0.128 e. The number of nitrogens with one attached hydrogen (secondary N) is 2. The van der Waals surface area contributed by atoms with Crippen molar-refractivity contribution in [2.24, 2.45) is 0 Å². The van der Waals surface area contributed by atoms with Gasteiger partial charge in [0.15, 0.2) is 0 Å². The molecule has 0 atom stereocenters. The van der Waals surface area contributed by atoms with Gasteiger partial charge >= 0.3 is 0 Å². The highest BCUT2D eigenvalue weighted by atomic mass is 16.5. The average molecular weight is 244 g/mol. The molecular formula is C15H20N2O. The molecule has 3 heteroatoms. The Labute approximate surface area is 108 Å². The number of aromatic nitrogens is 1. The first kappa shape index (κ1) is 12.6. The van der Waals surface area contributed by atoms with Gasteiger partial charge in [-0.2, -0.15) is 0 Å². The molecule has 0 aliphatic carbocycles. The van der Waals surface area contributed by atoms with Gasteiger partial charge in [-0.1, -0.05) is 0 Å². The maximum atomic E-state index is 5.41. The minimum absolute atomic E-state index is 0.0432. The summed E-state index contributed by atoms with van der Waals surface area (Å²) in [4.78, 5) is 3.21. The highest BCUT2D eigenvalue weighted by molar-refractivity contribution is 5.72. The lowest BCUT2D eigenvalue weighted by Crippen LogP contribution is -2.25. The normalized spacial score (nSPS) is 11.3. The van der Waals surface area contributed by atoms with Crippen LogP contribution in [0.15, 0.2) is 36.5 Å². The predicted octanol–water partition coefficient (Wildman–Crippen LogP) is 3.90. The maximum absolute atomic E-state index is 5.41. The molecule has 0 fully saturated rings. The van der Waals surface area contributed by atoms with E-state index >= 15 is 0 Å². The van der Waals surface area contributed by atoms with Crippen LogP contribution in [0.5, 0.6) is 5.75 Å². The SMILES string of the molecule is COc1ccc(NC(C)(C)C)cc1-c1ccc[nH]1. The van der Waals surface area contributed by atoms with Crippen LogP contribution in [-0.2, 0) is 0 Å². The molecule has 2 N–H and O–H groups in total. The number of hydrogen-bond acceptors (Lipinski definition) is 2. The molecule has 2 aromatic rings. The molecule has 0 spiro atoms. The van der Waals surface area contributed by atoms with Gasteiger partial charge in [0.25, 0.3) is 0 Å². The van der Waals surface area contributed by atoms with E-state index in [1.54, 1.807) is 7.11 Å². The molecule has 0 bridgehead atoms. The summed E-state index contributed by atoms with van der Waals surface area (Å²) in [6, 6.07) is 10.2. The predicted molar refractivity (Wildman–Crippen MR) is 76.2 cm³/mol. The van der Waals surface area contributed by atoms with Crippen molar-refractivity contribution in [3.8, 4) is 17.0 Å². The Morgan fingerprint density at radius 3 is 2.50 bits per heavy atom. The average Bonchev–Trinajstić information content (AvgIpc) is 2.80. The van der Waals surface area contributed by atoms with Gasteiger partial charge < -0.3 is 15.0 Å². The monoisotopic (exact) mass is 244 g/mol. The summed E-state index contributed by atoms with van der Waals surface area (Å²) in [5.41, 5.74) is 3.26. The van der Waals surface area contributed by atoms with E-state index in [0.29, 0.717) is 0 Å². The quantitative estimate of drug-likeness (QED) is 0.859. The highest BCUT2D eigenvalue weighted by Gasteiger charge is 2.12. The third-order valence-electron chi connectivity index (χ3n) is 2.61. The van der Waals surface area contributed by atoms with E-state index in [-0.39, 0.29) is 5.54 Å². The van der Waals surface area contributed by atoms with Crippen LogP contribution in [0.2, 0.25) is 0 Å². The van der Waals surface area contributed by atoms with Gasteiger partial charge in [0.2, 0.25) is 0 Å². The second kappa shape index (κ2) is 4.77. The summed E-state index contributed by atoms with van der Waals surface area (Å²) in [6.07, 6.45) is 1.92. The van der Waals surface area contributed by atoms with E-state index in [9.17, 15) is 0 Å². The molecule has 1 heterocycles. The fraction of sp³-hybridized carbons (Fsp3) is 0.333. The number of ether oxygens (including phenoxy) is 1. The molecule has 0 amide bonds. The highest BCUT2D eigenvalue weighted by Crippen LogP contribution is 2.32. The van der Waals surface area contributed by atoms with Crippen molar-refractivity contribution in [2.75, 3.05) is 12.4 Å². The molecule has 0 saturated carbocycles. The fourth-order valence-corrected chi connectivity index (χ4v) is 1.93. The van der Waals surface area contributed by atoms with E-state index in [1.807, 2.05) is 30.5 Å². The lowest BCUT2D eigenvalue weighted by molar-refractivity contribution is 0.416. The molecule has 0 unspecified atom stereocenters. The van der Waals surface area contributed by atoms with Crippen molar-refractivity contribution >= 4 is 5.69 Å². The van der Waals surface area contributed by atoms with Crippen LogP contribution >= 0.6 is 0 Å². The Balaban J connectivity index is 2.40. The Morgan fingerprint density at radius 1 is 1.17 bits per heavy atom. The number of rotatable bonds is 3. The van der Waals surface area contributed by atoms with Crippen LogP contribution in [-0.4, -0.2) is 17.6 Å². The number of benzene rings is 1. The van der Waals surface area contributed by atoms with Crippen LogP contribution in [0.3, 0.4) is 0 Å². The van der Waals surface area contributed by atoms with Gasteiger partial charge in [0.05, 0.1) is 7.11 Å². The Bertz CT molecular complexity index is 510. The van der Waals surface area contributed by atoms with Crippen LogP contribution < -0.4 is 10.1 Å². The Hall–Kier alpha value is -1.90. The van der Waals surface area contributed by atoms with Crippen molar-refractivity contribution in [3.63, 3.8) is 0 Å². The standard InChI is InChI=1S/C15H20N2O/c1-15(2,3)17-11-7-8-14(18-4)12(10-11)13-6-5-9-16-13/h5-10,16-17H,1-4H3. The molecule has 18 heavy (non-hydrogen) atoms. The lowest BCUT2D eigenvalue weighted by atomic mass is 10.1. The zero-order valence-electron chi connectivity index (χ0n) is 11.4. The number of H-pyrrole nitrogens is 1. The number of anilines is 1. The van der Waals surface area contributed by atoms with Crippen molar-refractivity contribution in [1.29, 1.82) is 0 Å². The van der Waals surface area contributed by atoms with Gasteiger partial charge in [-0.05, 0) is 51.1 Å². The van der Waals surface area contributed by atoms with Gasteiger partial charge in [-0.15, -0.1) is 0 Å². The zero-order valence-corrected chi connectivity index (χ0v) is 11.4. The molecular weight excluding hydrogens is 224 g/mol. The first-order valence-electron chi connectivity index (χ1n) is 6.09. The van der Waals surface area contributed by atoms with Gasteiger partial charge in [-0.25, -0.2) is 0 Å². The molecule has 2 rings (SSSR count). The van der Waals surface area contributed by atoms with Gasteiger partial charge in [0, 0.05) is 28.7 Å². The van der Waals surface area contributed by atoms with Gasteiger partial charge in [0.1, 0.15) is 5.75 Å². The Kier molecular flexibility index (Phi) is 3.32. The topological polar surface area (TPSA) is 37.0 Å². The minimum atomic E-state index is 0.0432.